The van der Waals surface area contributed by atoms with Crippen molar-refractivity contribution < 1.29 is 9.13 Å². The SMILES string of the molecule is CN(C)C1=NC2C=C(N3CCc4[nH]c5ccc(F)cc5c4C3)C=CC2O1. The molecule has 0 fully saturated rings. The Balaban J connectivity index is 1.44. The lowest BCUT2D eigenvalue weighted by Gasteiger charge is -2.32. The van der Waals surface area contributed by atoms with Gasteiger partial charge in [-0.05, 0) is 36.4 Å². The third kappa shape index (κ3) is 2.40. The lowest BCUT2D eigenvalue weighted by Crippen LogP contribution is -2.32. The van der Waals surface area contributed by atoms with E-state index in [1.165, 1.54) is 17.3 Å². The fourth-order valence-corrected chi connectivity index (χ4v) is 3.97. The molecular formula is C20H21FN4O. The number of fused-ring (bicyclic) bond motifs is 4. The van der Waals surface area contributed by atoms with Crippen LogP contribution in [0.1, 0.15) is 11.3 Å². The Hall–Kier alpha value is -2.76. The fourth-order valence-electron chi connectivity index (χ4n) is 3.97. The number of ether oxygens (including phenoxy) is 1. The molecule has 6 heteroatoms. The van der Waals surface area contributed by atoms with E-state index in [9.17, 15) is 4.39 Å². The molecule has 26 heavy (non-hydrogen) atoms. The molecule has 3 aliphatic rings. The molecule has 0 bridgehead atoms. The third-order valence-electron chi connectivity index (χ3n) is 5.32. The van der Waals surface area contributed by atoms with Crippen LogP contribution in [0.2, 0.25) is 0 Å². The van der Waals surface area contributed by atoms with Gasteiger partial charge in [-0.25, -0.2) is 9.38 Å². The van der Waals surface area contributed by atoms with Gasteiger partial charge in [0.15, 0.2) is 0 Å². The van der Waals surface area contributed by atoms with Crippen LogP contribution in [0.3, 0.4) is 0 Å². The highest BCUT2D eigenvalue weighted by molar-refractivity contribution is 5.85. The molecule has 0 radical (unpaired) electrons. The van der Waals surface area contributed by atoms with Gasteiger partial charge in [-0.1, -0.05) is 0 Å². The number of halogens is 1. The number of nitrogens with one attached hydrogen (secondary N) is 1. The Labute approximate surface area is 151 Å². The molecule has 0 saturated heterocycles. The molecule has 1 aliphatic carbocycles. The van der Waals surface area contributed by atoms with Gasteiger partial charge >= 0.3 is 0 Å². The first kappa shape index (κ1) is 15.5. The second-order valence-electron chi connectivity index (χ2n) is 7.27. The Morgan fingerprint density at radius 1 is 1.35 bits per heavy atom. The maximum absolute atomic E-state index is 13.7. The maximum Gasteiger partial charge on any atom is 0.288 e. The van der Waals surface area contributed by atoms with Crippen molar-refractivity contribution in [2.75, 3.05) is 20.6 Å². The van der Waals surface area contributed by atoms with E-state index in [-0.39, 0.29) is 18.0 Å². The zero-order valence-corrected chi connectivity index (χ0v) is 14.9. The second kappa shape index (κ2) is 5.62. The Morgan fingerprint density at radius 2 is 2.23 bits per heavy atom. The number of hydrogen-bond donors (Lipinski definition) is 1. The molecule has 2 aromatic rings. The van der Waals surface area contributed by atoms with Gasteiger partial charge in [-0.3, -0.25) is 0 Å². The van der Waals surface area contributed by atoms with E-state index in [1.54, 1.807) is 6.07 Å². The van der Waals surface area contributed by atoms with E-state index < -0.39 is 0 Å². The predicted octanol–water partition coefficient (Wildman–Crippen LogP) is 2.80. The van der Waals surface area contributed by atoms with Gasteiger partial charge in [0.2, 0.25) is 0 Å². The van der Waals surface area contributed by atoms with E-state index in [4.69, 9.17) is 4.74 Å². The van der Waals surface area contributed by atoms with Gasteiger partial charge in [0, 0.05) is 61.5 Å². The minimum atomic E-state index is -0.190. The summed E-state index contributed by atoms with van der Waals surface area (Å²) in [6, 6.07) is 5.66. The molecule has 1 aromatic heterocycles. The molecule has 3 heterocycles. The smallest absolute Gasteiger partial charge is 0.288 e. The Bertz CT molecular complexity index is 972. The highest BCUT2D eigenvalue weighted by atomic mass is 19.1. The van der Waals surface area contributed by atoms with Crippen LogP contribution >= 0.6 is 0 Å². The lowest BCUT2D eigenvalue weighted by atomic mass is 10.00. The van der Waals surface area contributed by atoms with Crippen LogP contribution in [-0.4, -0.2) is 53.6 Å². The maximum atomic E-state index is 13.7. The number of aromatic amines is 1. The van der Waals surface area contributed by atoms with Crippen molar-refractivity contribution in [3.63, 3.8) is 0 Å². The van der Waals surface area contributed by atoms with Crippen molar-refractivity contribution in [1.82, 2.24) is 14.8 Å². The Morgan fingerprint density at radius 3 is 3.08 bits per heavy atom. The number of hydrogen-bond acceptors (Lipinski definition) is 4. The molecule has 0 saturated carbocycles. The van der Waals surface area contributed by atoms with Gasteiger partial charge in [0.1, 0.15) is 18.0 Å². The van der Waals surface area contributed by atoms with E-state index in [0.717, 1.165) is 36.1 Å². The summed E-state index contributed by atoms with van der Waals surface area (Å²) in [4.78, 5) is 12.3. The third-order valence-corrected chi connectivity index (χ3v) is 5.32. The minimum absolute atomic E-state index is 0.0151. The number of H-pyrrole nitrogens is 1. The highest BCUT2D eigenvalue weighted by Gasteiger charge is 2.32. The van der Waals surface area contributed by atoms with E-state index in [2.05, 4.69) is 33.1 Å². The summed E-state index contributed by atoms with van der Waals surface area (Å²) in [6.07, 6.45) is 7.30. The van der Waals surface area contributed by atoms with E-state index in [0.29, 0.717) is 6.02 Å². The van der Waals surface area contributed by atoms with Gasteiger partial charge in [-0.2, -0.15) is 0 Å². The van der Waals surface area contributed by atoms with Gasteiger partial charge in [0.25, 0.3) is 6.02 Å². The van der Waals surface area contributed by atoms with Crippen molar-refractivity contribution >= 4 is 16.9 Å². The summed E-state index contributed by atoms with van der Waals surface area (Å²) in [5, 5.41) is 0.986. The van der Waals surface area contributed by atoms with Gasteiger partial charge < -0.3 is 19.5 Å². The first-order valence-corrected chi connectivity index (χ1v) is 8.94. The minimum Gasteiger partial charge on any atom is -0.455 e. The fraction of sp³-hybridized carbons (Fsp3) is 0.350. The number of aliphatic imine (C=N–C) groups is 1. The van der Waals surface area contributed by atoms with Crippen LogP contribution < -0.4 is 0 Å². The average molecular weight is 352 g/mol. The summed E-state index contributed by atoms with van der Waals surface area (Å²) >= 11 is 0. The normalized spacial score (nSPS) is 24.0. The largest absolute Gasteiger partial charge is 0.455 e. The topological polar surface area (TPSA) is 43.9 Å². The van der Waals surface area contributed by atoms with Gasteiger partial charge in [0.05, 0.1) is 0 Å². The van der Waals surface area contributed by atoms with Crippen molar-refractivity contribution in [2.45, 2.75) is 25.1 Å². The molecule has 1 aromatic carbocycles. The van der Waals surface area contributed by atoms with Crippen molar-refractivity contribution in [2.24, 2.45) is 4.99 Å². The predicted molar refractivity (Wildman–Crippen MR) is 99.4 cm³/mol. The number of amidine groups is 1. The first-order chi connectivity index (χ1) is 12.6. The Kier molecular flexibility index (Phi) is 3.35. The zero-order chi connectivity index (χ0) is 17.8. The molecule has 2 unspecified atom stereocenters. The van der Waals surface area contributed by atoms with Gasteiger partial charge in [-0.15, -0.1) is 0 Å². The van der Waals surface area contributed by atoms with E-state index in [1.807, 2.05) is 25.1 Å². The van der Waals surface area contributed by atoms with Crippen LogP contribution in [0.15, 0.2) is 47.1 Å². The number of rotatable bonds is 1. The summed E-state index contributed by atoms with van der Waals surface area (Å²) in [5.74, 6) is -0.190. The number of nitrogens with zero attached hydrogens (tertiary/aromatic N) is 3. The zero-order valence-electron chi connectivity index (χ0n) is 14.9. The molecule has 134 valence electrons. The quantitative estimate of drug-likeness (QED) is 0.858. The molecule has 2 atom stereocenters. The van der Waals surface area contributed by atoms with Crippen molar-refractivity contribution in [3.05, 3.63) is 59.2 Å². The lowest BCUT2D eigenvalue weighted by molar-refractivity contribution is 0.220. The van der Waals surface area contributed by atoms with Crippen LogP contribution in [0.5, 0.6) is 0 Å². The van der Waals surface area contributed by atoms with Crippen LogP contribution in [-0.2, 0) is 17.7 Å². The molecule has 2 aliphatic heterocycles. The molecule has 0 amide bonds. The molecule has 5 rings (SSSR count). The summed E-state index contributed by atoms with van der Waals surface area (Å²) in [7, 11) is 3.87. The first-order valence-electron chi connectivity index (χ1n) is 8.94. The summed E-state index contributed by atoms with van der Waals surface area (Å²) in [5.41, 5.74) is 4.59. The van der Waals surface area contributed by atoms with Crippen LogP contribution in [0, 0.1) is 5.82 Å². The molecule has 1 N–H and O–H groups in total. The number of benzene rings is 1. The van der Waals surface area contributed by atoms with Crippen molar-refractivity contribution in [3.8, 4) is 0 Å². The summed E-state index contributed by atoms with van der Waals surface area (Å²) in [6.45, 7) is 1.71. The number of allylic oxidation sites excluding steroid dienone is 1. The standard InChI is InChI=1S/C20H21FN4O/c1-24(2)20-23-18-10-13(4-6-19(18)26-20)25-8-7-17-15(11-25)14-9-12(21)3-5-16(14)22-17/h3-6,9-10,18-19,22H,7-8,11H2,1-2H3. The highest BCUT2D eigenvalue weighted by Crippen LogP contribution is 2.32. The second-order valence-corrected chi connectivity index (χ2v) is 7.27. The molecule has 0 spiro atoms. The molecular weight excluding hydrogens is 331 g/mol. The van der Waals surface area contributed by atoms with Crippen LogP contribution in [0.25, 0.3) is 10.9 Å². The monoisotopic (exact) mass is 352 g/mol. The van der Waals surface area contributed by atoms with E-state index >= 15 is 0 Å². The number of aromatic nitrogens is 1. The van der Waals surface area contributed by atoms with Crippen molar-refractivity contribution in [1.29, 1.82) is 0 Å². The average Bonchev–Trinajstić information content (AvgIpc) is 3.21. The molecule has 5 nitrogen and oxygen atoms in total. The summed E-state index contributed by atoms with van der Waals surface area (Å²) < 4.78 is 19.6. The van der Waals surface area contributed by atoms with Crippen LogP contribution in [0.4, 0.5) is 4.39 Å².